The Labute approximate surface area is 136 Å². The maximum absolute atomic E-state index is 11.5. The largest absolute Gasteiger partial charge is 0.372 e. The van der Waals surface area contributed by atoms with Crippen LogP contribution < -0.4 is 4.90 Å². The number of likely N-dealkylation sites (N-methyl/N-ethyl adjacent to an activating group) is 1. The zero-order valence-corrected chi connectivity index (χ0v) is 13.8. The number of nitrogens with zero attached hydrogens (tertiary/aromatic N) is 4. The van der Waals surface area contributed by atoms with Gasteiger partial charge in [0.2, 0.25) is 11.9 Å². The van der Waals surface area contributed by atoms with Crippen LogP contribution in [0, 0.1) is 5.92 Å². The first-order valence-corrected chi connectivity index (χ1v) is 8.04. The lowest BCUT2D eigenvalue weighted by Gasteiger charge is -2.50. The van der Waals surface area contributed by atoms with Crippen LogP contribution in [-0.4, -0.2) is 73.4 Å². The molecule has 3 rings (SSSR count). The van der Waals surface area contributed by atoms with Crippen molar-refractivity contribution in [3.63, 3.8) is 0 Å². The Morgan fingerprint density at radius 3 is 2.87 bits per heavy atom. The van der Waals surface area contributed by atoms with Crippen molar-refractivity contribution in [1.29, 1.82) is 0 Å². The molecular weight excluding hydrogens is 296 g/mol. The van der Waals surface area contributed by atoms with Crippen LogP contribution in [0.2, 0.25) is 0 Å². The topological polar surface area (TPSA) is 67.8 Å². The number of rotatable bonds is 6. The molecule has 126 valence electrons. The third-order valence-electron chi connectivity index (χ3n) is 4.69. The van der Waals surface area contributed by atoms with E-state index >= 15 is 0 Å². The summed E-state index contributed by atoms with van der Waals surface area (Å²) in [6.45, 7) is 3.20. The summed E-state index contributed by atoms with van der Waals surface area (Å²) in [4.78, 5) is 23.8. The van der Waals surface area contributed by atoms with Crippen molar-refractivity contribution in [3.05, 3.63) is 18.5 Å². The van der Waals surface area contributed by atoms with Crippen molar-refractivity contribution in [2.24, 2.45) is 5.92 Å². The first kappa shape index (κ1) is 16.1. The SMILES string of the molecule is CN(C)C(=O)COCCC1CCOC12CN(c1ncccn1)C2. The van der Waals surface area contributed by atoms with Gasteiger partial charge in [0.25, 0.3) is 0 Å². The molecule has 23 heavy (non-hydrogen) atoms. The van der Waals surface area contributed by atoms with Crippen LogP contribution in [0.15, 0.2) is 18.5 Å². The van der Waals surface area contributed by atoms with Crippen LogP contribution in [0.25, 0.3) is 0 Å². The van der Waals surface area contributed by atoms with E-state index in [4.69, 9.17) is 9.47 Å². The molecule has 1 aromatic rings. The summed E-state index contributed by atoms with van der Waals surface area (Å²) in [5.41, 5.74) is -0.0892. The van der Waals surface area contributed by atoms with Gasteiger partial charge in [0, 0.05) is 39.7 Å². The molecule has 1 aromatic heterocycles. The normalized spacial score (nSPS) is 22.2. The third-order valence-corrected chi connectivity index (χ3v) is 4.69. The molecule has 0 aromatic carbocycles. The Morgan fingerprint density at radius 1 is 1.43 bits per heavy atom. The van der Waals surface area contributed by atoms with Crippen LogP contribution in [-0.2, 0) is 14.3 Å². The minimum absolute atomic E-state index is 0.00145. The van der Waals surface area contributed by atoms with E-state index in [0.717, 1.165) is 38.5 Å². The second kappa shape index (κ2) is 6.80. The third kappa shape index (κ3) is 3.45. The van der Waals surface area contributed by atoms with E-state index in [1.54, 1.807) is 31.4 Å². The van der Waals surface area contributed by atoms with Crippen molar-refractivity contribution in [2.75, 3.05) is 51.9 Å². The van der Waals surface area contributed by atoms with Crippen molar-refractivity contribution >= 4 is 11.9 Å². The number of hydrogen-bond acceptors (Lipinski definition) is 6. The highest BCUT2D eigenvalue weighted by molar-refractivity contribution is 5.76. The fraction of sp³-hybridized carbons (Fsp3) is 0.688. The fourth-order valence-electron chi connectivity index (χ4n) is 3.25. The summed E-state index contributed by atoms with van der Waals surface area (Å²) in [5.74, 6) is 1.23. The van der Waals surface area contributed by atoms with Crippen LogP contribution in [0.3, 0.4) is 0 Å². The van der Waals surface area contributed by atoms with Crippen LogP contribution in [0.4, 0.5) is 5.95 Å². The number of carbonyl (C=O) groups excluding carboxylic acids is 1. The molecule has 2 saturated heterocycles. The summed E-state index contributed by atoms with van der Waals surface area (Å²) in [7, 11) is 3.47. The Kier molecular flexibility index (Phi) is 4.77. The van der Waals surface area contributed by atoms with Crippen molar-refractivity contribution in [2.45, 2.75) is 18.4 Å². The first-order valence-electron chi connectivity index (χ1n) is 8.04. The molecule has 7 heteroatoms. The molecule has 1 amide bonds. The molecule has 2 aliphatic rings. The van der Waals surface area contributed by atoms with E-state index in [9.17, 15) is 4.79 Å². The lowest BCUT2D eigenvalue weighted by molar-refractivity contribution is -0.133. The van der Waals surface area contributed by atoms with E-state index in [1.807, 2.05) is 6.07 Å². The molecule has 7 nitrogen and oxygen atoms in total. The molecule has 2 fully saturated rings. The standard InChI is InChI=1S/C16H24N4O3/c1-19(2)14(21)10-22-8-4-13-5-9-23-16(13)11-20(12-16)15-17-6-3-7-18-15/h3,6-7,13H,4-5,8-12H2,1-2H3. The van der Waals surface area contributed by atoms with Crippen LogP contribution in [0.5, 0.6) is 0 Å². The smallest absolute Gasteiger partial charge is 0.248 e. The molecule has 1 unspecified atom stereocenters. The van der Waals surface area contributed by atoms with Gasteiger partial charge in [-0.2, -0.15) is 0 Å². The number of carbonyl (C=O) groups is 1. The van der Waals surface area contributed by atoms with E-state index in [1.165, 1.54) is 0 Å². The minimum atomic E-state index is -0.0892. The number of ether oxygens (including phenoxy) is 2. The van der Waals surface area contributed by atoms with Gasteiger partial charge in [0.15, 0.2) is 0 Å². The second-order valence-electron chi connectivity index (χ2n) is 6.43. The Bertz CT molecular complexity index is 531. The van der Waals surface area contributed by atoms with Gasteiger partial charge in [-0.25, -0.2) is 9.97 Å². The zero-order valence-electron chi connectivity index (χ0n) is 13.8. The Balaban J connectivity index is 1.45. The highest BCUT2D eigenvalue weighted by atomic mass is 16.5. The van der Waals surface area contributed by atoms with Gasteiger partial charge in [0.05, 0.1) is 13.1 Å². The Hall–Kier alpha value is -1.73. The summed E-state index contributed by atoms with van der Waals surface area (Å²) in [5, 5.41) is 0. The van der Waals surface area contributed by atoms with Gasteiger partial charge < -0.3 is 19.3 Å². The minimum Gasteiger partial charge on any atom is -0.372 e. The van der Waals surface area contributed by atoms with Gasteiger partial charge in [-0.15, -0.1) is 0 Å². The number of anilines is 1. The quantitative estimate of drug-likeness (QED) is 0.714. The number of amides is 1. The van der Waals surface area contributed by atoms with Gasteiger partial charge >= 0.3 is 0 Å². The average Bonchev–Trinajstić information content (AvgIpc) is 2.94. The van der Waals surface area contributed by atoms with Crippen molar-refractivity contribution in [3.8, 4) is 0 Å². The lowest BCUT2D eigenvalue weighted by atomic mass is 9.79. The molecule has 3 heterocycles. The average molecular weight is 320 g/mol. The maximum Gasteiger partial charge on any atom is 0.248 e. The highest BCUT2D eigenvalue weighted by Gasteiger charge is 2.53. The van der Waals surface area contributed by atoms with E-state index < -0.39 is 0 Å². The molecule has 0 aliphatic carbocycles. The van der Waals surface area contributed by atoms with Gasteiger partial charge in [-0.1, -0.05) is 0 Å². The summed E-state index contributed by atoms with van der Waals surface area (Å²) in [6, 6.07) is 1.82. The molecule has 0 bridgehead atoms. The molecule has 2 aliphatic heterocycles. The summed E-state index contributed by atoms with van der Waals surface area (Å²) in [6.07, 6.45) is 5.49. The lowest BCUT2D eigenvalue weighted by Crippen LogP contribution is -2.65. The van der Waals surface area contributed by atoms with Gasteiger partial charge in [-0.3, -0.25) is 4.79 Å². The molecule has 1 atom stereocenters. The molecule has 0 N–H and O–H groups in total. The summed E-state index contributed by atoms with van der Waals surface area (Å²) >= 11 is 0. The highest BCUT2D eigenvalue weighted by Crippen LogP contribution is 2.42. The molecule has 1 spiro atoms. The fourth-order valence-corrected chi connectivity index (χ4v) is 3.25. The van der Waals surface area contributed by atoms with E-state index in [-0.39, 0.29) is 18.1 Å². The monoisotopic (exact) mass is 320 g/mol. The Morgan fingerprint density at radius 2 is 2.17 bits per heavy atom. The number of hydrogen-bond donors (Lipinski definition) is 0. The van der Waals surface area contributed by atoms with Gasteiger partial charge in [0.1, 0.15) is 12.2 Å². The van der Waals surface area contributed by atoms with Crippen molar-refractivity contribution in [1.82, 2.24) is 14.9 Å². The molecule has 0 saturated carbocycles. The summed E-state index contributed by atoms with van der Waals surface area (Å²) < 4.78 is 11.5. The van der Waals surface area contributed by atoms with Crippen LogP contribution in [0.1, 0.15) is 12.8 Å². The number of aromatic nitrogens is 2. The van der Waals surface area contributed by atoms with E-state index in [0.29, 0.717) is 12.5 Å². The second-order valence-corrected chi connectivity index (χ2v) is 6.43. The van der Waals surface area contributed by atoms with E-state index in [2.05, 4.69) is 14.9 Å². The van der Waals surface area contributed by atoms with Crippen molar-refractivity contribution < 1.29 is 14.3 Å². The predicted molar refractivity (Wildman–Crippen MR) is 85.2 cm³/mol. The zero-order chi connectivity index (χ0) is 16.3. The molecular formula is C16H24N4O3. The van der Waals surface area contributed by atoms with Gasteiger partial charge in [-0.05, 0) is 24.8 Å². The molecule has 0 radical (unpaired) electrons. The van der Waals surface area contributed by atoms with Crippen LogP contribution >= 0.6 is 0 Å². The maximum atomic E-state index is 11.5. The first-order chi connectivity index (χ1) is 11.1. The predicted octanol–water partition coefficient (Wildman–Crippen LogP) is 0.567.